The van der Waals surface area contributed by atoms with E-state index in [-0.39, 0.29) is 0 Å². The van der Waals surface area contributed by atoms with Crippen molar-refractivity contribution >= 4 is 11.4 Å². The first-order valence-corrected chi connectivity index (χ1v) is 7.77. The van der Waals surface area contributed by atoms with E-state index in [9.17, 15) is 0 Å². The normalized spacial score (nSPS) is 28.7. The number of rotatable bonds is 4. The Morgan fingerprint density at radius 2 is 2.00 bits per heavy atom. The Hall–Kier alpha value is -1.44. The number of allylic oxidation sites excluding steroid dienone is 2. The molecule has 1 saturated carbocycles. The number of benzene rings is 1. The first-order valence-electron chi connectivity index (χ1n) is 7.77. The van der Waals surface area contributed by atoms with Gasteiger partial charge in [-0.05, 0) is 68.2 Å². The minimum absolute atomic E-state index is 0.554. The molecule has 20 heavy (non-hydrogen) atoms. The minimum atomic E-state index is 0.554. The summed E-state index contributed by atoms with van der Waals surface area (Å²) in [7, 11) is 4.18. The van der Waals surface area contributed by atoms with Gasteiger partial charge in [0.05, 0.1) is 0 Å². The van der Waals surface area contributed by atoms with Gasteiger partial charge < -0.3 is 10.2 Å². The molecule has 4 atom stereocenters. The van der Waals surface area contributed by atoms with Crippen molar-refractivity contribution in [1.29, 1.82) is 0 Å². The molecule has 0 aliphatic heterocycles. The molecule has 1 aromatic carbocycles. The number of anilines is 2. The lowest BCUT2D eigenvalue weighted by atomic mass is 9.87. The van der Waals surface area contributed by atoms with Gasteiger partial charge in [0.1, 0.15) is 0 Å². The molecule has 0 aromatic heterocycles. The minimum Gasteiger partial charge on any atom is -0.382 e. The Balaban J connectivity index is 1.70. The first kappa shape index (κ1) is 13.5. The van der Waals surface area contributed by atoms with Crippen LogP contribution in [0.3, 0.4) is 0 Å². The highest BCUT2D eigenvalue weighted by Gasteiger charge is 2.38. The fourth-order valence-corrected chi connectivity index (χ4v) is 3.84. The van der Waals surface area contributed by atoms with Crippen LogP contribution in [0, 0.1) is 24.7 Å². The SMILES string of the molecule is Cc1cc(N(C)C)ccc1NC(C)C1CC2C=CC1C2. The summed E-state index contributed by atoms with van der Waals surface area (Å²) in [5.74, 6) is 2.47. The van der Waals surface area contributed by atoms with Crippen LogP contribution >= 0.6 is 0 Å². The number of fused-ring (bicyclic) bond motifs is 2. The van der Waals surface area contributed by atoms with E-state index in [4.69, 9.17) is 0 Å². The van der Waals surface area contributed by atoms with Crippen LogP contribution in [0.25, 0.3) is 0 Å². The molecule has 1 aromatic rings. The van der Waals surface area contributed by atoms with Gasteiger partial charge >= 0.3 is 0 Å². The van der Waals surface area contributed by atoms with E-state index in [1.807, 2.05) is 0 Å². The molecule has 1 fully saturated rings. The number of aryl methyl sites for hydroxylation is 1. The second-order valence-electron chi connectivity index (χ2n) is 6.77. The van der Waals surface area contributed by atoms with Crippen molar-refractivity contribution in [3.8, 4) is 0 Å². The van der Waals surface area contributed by atoms with Crippen molar-refractivity contribution in [1.82, 2.24) is 0 Å². The van der Waals surface area contributed by atoms with Crippen LogP contribution in [0.2, 0.25) is 0 Å². The Bertz CT molecular complexity index is 518. The van der Waals surface area contributed by atoms with Gasteiger partial charge in [0.15, 0.2) is 0 Å². The smallest absolute Gasteiger partial charge is 0.0373 e. The molecule has 3 rings (SSSR count). The number of nitrogens with zero attached hydrogens (tertiary/aromatic N) is 1. The summed E-state index contributed by atoms with van der Waals surface area (Å²) >= 11 is 0. The zero-order valence-corrected chi connectivity index (χ0v) is 13.1. The van der Waals surface area contributed by atoms with E-state index in [1.165, 1.54) is 29.8 Å². The summed E-state index contributed by atoms with van der Waals surface area (Å²) in [6, 6.07) is 7.24. The Kier molecular flexibility index (Phi) is 3.49. The highest BCUT2D eigenvalue weighted by atomic mass is 15.1. The monoisotopic (exact) mass is 270 g/mol. The van der Waals surface area contributed by atoms with Gasteiger partial charge in [-0.15, -0.1) is 0 Å². The van der Waals surface area contributed by atoms with E-state index in [0.29, 0.717) is 6.04 Å². The van der Waals surface area contributed by atoms with Crippen molar-refractivity contribution in [3.63, 3.8) is 0 Å². The Labute approximate surface area is 122 Å². The third kappa shape index (κ3) is 2.44. The van der Waals surface area contributed by atoms with Crippen molar-refractivity contribution in [2.75, 3.05) is 24.3 Å². The average Bonchev–Trinajstić information content (AvgIpc) is 3.03. The van der Waals surface area contributed by atoms with Gasteiger partial charge in [-0.1, -0.05) is 12.2 Å². The fourth-order valence-electron chi connectivity index (χ4n) is 3.84. The average molecular weight is 270 g/mol. The molecular weight excluding hydrogens is 244 g/mol. The molecule has 2 nitrogen and oxygen atoms in total. The Morgan fingerprint density at radius 1 is 1.20 bits per heavy atom. The molecule has 2 aliphatic carbocycles. The summed E-state index contributed by atoms with van der Waals surface area (Å²) in [5, 5.41) is 3.75. The maximum atomic E-state index is 3.75. The number of nitrogens with one attached hydrogen (secondary N) is 1. The molecule has 2 heteroatoms. The van der Waals surface area contributed by atoms with Crippen LogP contribution < -0.4 is 10.2 Å². The van der Waals surface area contributed by atoms with Gasteiger partial charge in [0.25, 0.3) is 0 Å². The molecule has 4 unspecified atom stereocenters. The van der Waals surface area contributed by atoms with Crippen molar-refractivity contribution in [2.24, 2.45) is 17.8 Å². The maximum absolute atomic E-state index is 3.75. The first-order chi connectivity index (χ1) is 9.54. The molecule has 0 radical (unpaired) electrons. The van der Waals surface area contributed by atoms with Gasteiger partial charge in [-0.2, -0.15) is 0 Å². The van der Waals surface area contributed by atoms with Gasteiger partial charge in [0.2, 0.25) is 0 Å². The quantitative estimate of drug-likeness (QED) is 0.830. The van der Waals surface area contributed by atoms with E-state index in [1.54, 1.807) is 0 Å². The van der Waals surface area contributed by atoms with E-state index in [0.717, 1.165) is 17.8 Å². The van der Waals surface area contributed by atoms with Crippen LogP contribution in [-0.4, -0.2) is 20.1 Å². The summed E-state index contributed by atoms with van der Waals surface area (Å²) in [4.78, 5) is 2.15. The van der Waals surface area contributed by atoms with Crippen LogP contribution in [0.4, 0.5) is 11.4 Å². The number of hydrogen-bond acceptors (Lipinski definition) is 2. The summed E-state index contributed by atoms with van der Waals surface area (Å²) in [5.41, 5.74) is 3.89. The fraction of sp³-hybridized carbons (Fsp3) is 0.556. The van der Waals surface area contributed by atoms with Crippen molar-refractivity contribution < 1.29 is 0 Å². The second-order valence-corrected chi connectivity index (χ2v) is 6.77. The highest BCUT2D eigenvalue weighted by Crippen LogP contribution is 2.45. The topological polar surface area (TPSA) is 15.3 Å². The lowest BCUT2D eigenvalue weighted by molar-refractivity contribution is 0.400. The lowest BCUT2D eigenvalue weighted by Gasteiger charge is -2.28. The van der Waals surface area contributed by atoms with Crippen LogP contribution in [0.5, 0.6) is 0 Å². The molecule has 0 heterocycles. The molecule has 2 aliphatic rings. The molecular formula is C18H26N2. The molecule has 1 N–H and O–H groups in total. The van der Waals surface area contributed by atoms with Crippen molar-refractivity contribution in [2.45, 2.75) is 32.7 Å². The van der Waals surface area contributed by atoms with Crippen LogP contribution in [-0.2, 0) is 0 Å². The van der Waals surface area contributed by atoms with Gasteiger partial charge in [-0.25, -0.2) is 0 Å². The summed E-state index contributed by atoms with van der Waals surface area (Å²) in [6.45, 7) is 4.54. The zero-order valence-electron chi connectivity index (χ0n) is 13.1. The molecule has 0 saturated heterocycles. The predicted octanol–water partition coefficient (Wildman–Crippen LogP) is 4.07. The van der Waals surface area contributed by atoms with E-state index < -0.39 is 0 Å². The van der Waals surface area contributed by atoms with E-state index >= 15 is 0 Å². The summed E-state index contributed by atoms with van der Waals surface area (Å²) in [6.07, 6.45) is 7.61. The van der Waals surface area contributed by atoms with Gasteiger partial charge in [-0.3, -0.25) is 0 Å². The van der Waals surface area contributed by atoms with Crippen LogP contribution in [0.1, 0.15) is 25.3 Å². The zero-order chi connectivity index (χ0) is 14.3. The number of hydrogen-bond donors (Lipinski definition) is 1. The van der Waals surface area contributed by atoms with Crippen molar-refractivity contribution in [3.05, 3.63) is 35.9 Å². The summed E-state index contributed by atoms with van der Waals surface area (Å²) < 4.78 is 0. The van der Waals surface area contributed by atoms with Crippen LogP contribution in [0.15, 0.2) is 30.4 Å². The van der Waals surface area contributed by atoms with E-state index in [2.05, 4.69) is 68.5 Å². The molecule has 108 valence electrons. The molecule has 0 amide bonds. The third-order valence-corrected chi connectivity index (χ3v) is 5.08. The molecule has 2 bridgehead atoms. The third-order valence-electron chi connectivity index (χ3n) is 5.08. The standard InChI is InChI=1S/C18H26N2/c1-12-9-16(20(3)4)7-8-18(12)19-13(2)17-11-14-5-6-15(17)10-14/h5-9,13-15,17,19H,10-11H2,1-4H3. The Morgan fingerprint density at radius 3 is 2.55 bits per heavy atom. The maximum Gasteiger partial charge on any atom is 0.0373 e. The highest BCUT2D eigenvalue weighted by molar-refractivity contribution is 5.60. The predicted molar refractivity (Wildman–Crippen MR) is 87.4 cm³/mol. The second kappa shape index (κ2) is 5.16. The molecule has 0 spiro atoms. The largest absolute Gasteiger partial charge is 0.382 e. The van der Waals surface area contributed by atoms with Gasteiger partial charge in [0, 0.05) is 31.5 Å². The lowest BCUT2D eigenvalue weighted by Crippen LogP contribution is -2.29.